The van der Waals surface area contributed by atoms with Gasteiger partial charge in [0.15, 0.2) is 0 Å². The first-order chi connectivity index (χ1) is 11.8. The molecule has 2 aliphatic rings. The largest absolute Gasteiger partial charge is 0.508 e. The van der Waals surface area contributed by atoms with Crippen molar-refractivity contribution >= 4 is 6.08 Å². The van der Waals surface area contributed by atoms with Gasteiger partial charge in [-0.2, -0.15) is 0 Å². The minimum atomic E-state index is 0.370. The normalized spacial score (nSPS) is 22.8. The van der Waals surface area contributed by atoms with Gasteiger partial charge in [0, 0.05) is 0 Å². The zero-order valence-electron chi connectivity index (χ0n) is 17.8. The Labute approximate surface area is 156 Å². The van der Waals surface area contributed by atoms with Crippen molar-refractivity contribution in [3.05, 3.63) is 34.9 Å². The Kier molecular flexibility index (Phi) is 8.25. The lowest BCUT2D eigenvalue weighted by atomic mass is 9.59. The molecule has 1 N–H and O–H groups in total. The van der Waals surface area contributed by atoms with Crippen LogP contribution in [0.3, 0.4) is 0 Å². The number of aromatic hydroxyl groups is 1. The fourth-order valence-corrected chi connectivity index (χ4v) is 4.19. The summed E-state index contributed by atoms with van der Waals surface area (Å²) in [6.07, 6.45) is 9.83. The Morgan fingerprint density at radius 1 is 1.16 bits per heavy atom. The van der Waals surface area contributed by atoms with E-state index in [1.165, 1.54) is 36.8 Å². The number of rotatable bonds is 1. The summed E-state index contributed by atoms with van der Waals surface area (Å²) in [5.41, 5.74) is 4.14. The summed E-state index contributed by atoms with van der Waals surface area (Å²) in [5.74, 6) is 2.06. The van der Waals surface area contributed by atoms with Gasteiger partial charge in [-0.15, -0.1) is 0 Å². The van der Waals surface area contributed by atoms with E-state index in [0.29, 0.717) is 28.9 Å². The van der Waals surface area contributed by atoms with Gasteiger partial charge in [0.2, 0.25) is 0 Å². The van der Waals surface area contributed by atoms with E-state index in [0.717, 1.165) is 5.56 Å². The standard InChI is InChI=1S/C19H26O.C3H8.C2H6/c1-12(2)15-10-13-7-8-17-14(16(13)11-18(15)20)6-5-9-19(17,3)4;1-3-2;1-2/h7-8,10-12,14,17,20H,5-6,9H2,1-4H3;3H2,1-2H3;1-2H3. The van der Waals surface area contributed by atoms with Crippen molar-refractivity contribution < 1.29 is 5.11 Å². The van der Waals surface area contributed by atoms with E-state index in [1.807, 2.05) is 19.9 Å². The Balaban J connectivity index is 0.000000567. The Hall–Kier alpha value is -1.24. The van der Waals surface area contributed by atoms with E-state index in [2.05, 4.69) is 59.8 Å². The van der Waals surface area contributed by atoms with Crippen LogP contribution < -0.4 is 0 Å². The molecular formula is C24H40O. The van der Waals surface area contributed by atoms with Crippen molar-refractivity contribution in [3.63, 3.8) is 0 Å². The van der Waals surface area contributed by atoms with E-state index in [4.69, 9.17) is 0 Å². The Morgan fingerprint density at radius 3 is 2.32 bits per heavy atom. The van der Waals surface area contributed by atoms with Gasteiger partial charge in [-0.25, -0.2) is 0 Å². The highest BCUT2D eigenvalue weighted by Crippen LogP contribution is 2.52. The molecule has 0 amide bonds. The summed E-state index contributed by atoms with van der Waals surface area (Å²) in [4.78, 5) is 0. The molecule has 25 heavy (non-hydrogen) atoms. The summed E-state index contributed by atoms with van der Waals surface area (Å²) < 4.78 is 0. The van der Waals surface area contributed by atoms with Crippen molar-refractivity contribution in [2.24, 2.45) is 11.3 Å². The highest BCUT2D eigenvalue weighted by molar-refractivity contribution is 5.62. The predicted octanol–water partition coefficient (Wildman–Crippen LogP) is 7.89. The van der Waals surface area contributed by atoms with Gasteiger partial charge in [-0.1, -0.05) is 80.4 Å². The quantitative estimate of drug-likeness (QED) is 0.549. The van der Waals surface area contributed by atoms with Crippen LogP contribution >= 0.6 is 0 Å². The molecule has 142 valence electrons. The van der Waals surface area contributed by atoms with Crippen LogP contribution in [0.4, 0.5) is 0 Å². The van der Waals surface area contributed by atoms with Crippen LogP contribution in [0.15, 0.2) is 18.2 Å². The molecule has 1 aromatic carbocycles. The van der Waals surface area contributed by atoms with Gasteiger partial charge >= 0.3 is 0 Å². The number of phenolic OH excluding ortho intramolecular Hbond substituents is 1. The molecule has 1 heteroatoms. The minimum absolute atomic E-state index is 0.370. The SMILES string of the molecule is CC.CC(C)c1cc2c(cc1O)C1CCCC(C)(C)C1C=C2.CCC. The molecule has 0 aromatic heterocycles. The molecule has 0 aliphatic heterocycles. The minimum Gasteiger partial charge on any atom is -0.508 e. The number of fused-ring (bicyclic) bond motifs is 3. The molecule has 2 atom stereocenters. The number of benzene rings is 1. The third-order valence-electron chi connectivity index (χ3n) is 5.41. The van der Waals surface area contributed by atoms with Crippen LogP contribution in [-0.2, 0) is 0 Å². The van der Waals surface area contributed by atoms with E-state index in [9.17, 15) is 5.11 Å². The third kappa shape index (κ3) is 4.90. The monoisotopic (exact) mass is 344 g/mol. The average molecular weight is 345 g/mol. The first-order valence-electron chi connectivity index (χ1n) is 10.4. The molecular weight excluding hydrogens is 304 g/mol. The first kappa shape index (κ1) is 21.8. The van der Waals surface area contributed by atoms with Crippen molar-refractivity contribution in [3.8, 4) is 5.75 Å². The molecule has 1 nitrogen and oxygen atoms in total. The lowest BCUT2D eigenvalue weighted by Crippen LogP contribution is -2.34. The van der Waals surface area contributed by atoms with Gasteiger partial charge in [-0.05, 0) is 64.8 Å². The van der Waals surface area contributed by atoms with Crippen molar-refractivity contribution in [1.29, 1.82) is 0 Å². The van der Waals surface area contributed by atoms with E-state index < -0.39 is 0 Å². The van der Waals surface area contributed by atoms with Gasteiger partial charge in [0.05, 0.1) is 0 Å². The molecule has 3 rings (SSSR count). The van der Waals surface area contributed by atoms with E-state index in [-0.39, 0.29) is 0 Å². The summed E-state index contributed by atoms with van der Waals surface area (Å²) in [6.45, 7) is 17.3. The van der Waals surface area contributed by atoms with Gasteiger partial charge in [-0.3, -0.25) is 0 Å². The molecule has 1 saturated carbocycles. The van der Waals surface area contributed by atoms with Crippen LogP contribution in [0, 0.1) is 11.3 Å². The summed E-state index contributed by atoms with van der Waals surface area (Å²) >= 11 is 0. The third-order valence-corrected chi connectivity index (χ3v) is 5.41. The van der Waals surface area contributed by atoms with Gasteiger partial charge in [0.1, 0.15) is 5.75 Å². The van der Waals surface area contributed by atoms with Gasteiger partial charge < -0.3 is 5.11 Å². The van der Waals surface area contributed by atoms with Crippen molar-refractivity contribution in [2.45, 2.75) is 92.9 Å². The average Bonchev–Trinajstić information content (AvgIpc) is 2.56. The number of phenols is 1. The lowest BCUT2D eigenvalue weighted by molar-refractivity contribution is 0.150. The van der Waals surface area contributed by atoms with E-state index in [1.54, 1.807) is 0 Å². The molecule has 0 heterocycles. The second-order valence-corrected chi connectivity index (χ2v) is 8.27. The summed E-state index contributed by atoms with van der Waals surface area (Å²) in [5, 5.41) is 10.3. The number of allylic oxidation sites excluding steroid dienone is 1. The van der Waals surface area contributed by atoms with Crippen LogP contribution in [0.25, 0.3) is 6.08 Å². The summed E-state index contributed by atoms with van der Waals surface area (Å²) in [6, 6.07) is 4.25. The topological polar surface area (TPSA) is 20.2 Å². The molecule has 0 saturated heterocycles. The molecule has 0 spiro atoms. The highest BCUT2D eigenvalue weighted by Gasteiger charge is 2.40. The second-order valence-electron chi connectivity index (χ2n) is 8.27. The number of hydrogen-bond acceptors (Lipinski definition) is 1. The fourth-order valence-electron chi connectivity index (χ4n) is 4.19. The van der Waals surface area contributed by atoms with Crippen molar-refractivity contribution in [2.75, 3.05) is 0 Å². The van der Waals surface area contributed by atoms with Crippen LogP contribution in [0.5, 0.6) is 5.75 Å². The van der Waals surface area contributed by atoms with Crippen molar-refractivity contribution in [1.82, 2.24) is 0 Å². The fraction of sp³-hybridized carbons (Fsp3) is 0.667. The maximum atomic E-state index is 10.3. The highest BCUT2D eigenvalue weighted by atomic mass is 16.3. The van der Waals surface area contributed by atoms with Crippen LogP contribution in [0.1, 0.15) is 110 Å². The summed E-state index contributed by atoms with van der Waals surface area (Å²) in [7, 11) is 0. The molecule has 2 unspecified atom stereocenters. The maximum Gasteiger partial charge on any atom is 0.119 e. The smallest absolute Gasteiger partial charge is 0.119 e. The zero-order valence-corrected chi connectivity index (χ0v) is 17.8. The van der Waals surface area contributed by atoms with Crippen LogP contribution in [0.2, 0.25) is 0 Å². The predicted molar refractivity (Wildman–Crippen MR) is 112 cm³/mol. The molecule has 1 fully saturated rings. The zero-order chi connectivity index (χ0) is 19.2. The number of hydrogen-bond donors (Lipinski definition) is 1. The molecule has 2 aliphatic carbocycles. The van der Waals surface area contributed by atoms with E-state index >= 15 is 0 Å². The van der Waals surface area contributed by atoms with Gasteiger partial charge in [0.25, 0.3) is 0 Å². The second kappa shape index (κ2) is 9.46. The lowest BCUT2D eigenvalue weighted by Gasteiger charge is -2.45. The van der Waals surface area contributed by atoms with Crippen LogP contribution in [-0.4, -0.2) is 5.11 Å². The molecule has 0 bridgehead atoms. The maximum absolute atomic E-state index is 10.3. The Morgan fingerprint density at radius 2 is 1.76 bits per heavy atom. The first-order valence-corrected chi connectivity index (χ1v) is 10.4. The molecule has 1 aromatic rings. The Bertz CT molecular complexity index is 566. The molecule has 0 radical (unpaired) electrons.